The molecule has 0 fully saturated rings. The van der Waals surface area contributed by atoms with E-state index >= 15 is 0 Å². The Labute approximate surface area is 114 Å². The molecule has 4 N–H and O–H groups in total. The third-order valence-corrected chi connectivity index (χ3v) is 4.18. The van der Waals surface area contributed by atoms with Crippen LogP contribution in [0.3, 0.4) is 0 Å². The molecule has 0 heterocycles. The van der Waals surface area contributed by atoms with Gasteiger partial charge in [-0.05, 0) is 31.5 Å². The van der Waals surface area contributed by atoms with Crippen LogP contribution < -0.4 is 16.4 Å². The van der Waals surface area contributed by atoms with Gasteiger partial charge in [0.05, 0.1) is 15.7 Å². The van der Waals surface area contributed by atoms with Gasteiger partial charge in [-0.25, -0.2) is 4.79 Å². The normalized spacial score (nSPS) is 13.4. The van der Waals surface area contributed by atoms with Crippen molar-refractivity contribution in [2.24, 2.45) is 0 Å². The highest BCUT2D eigenvalue weighted by Gasteiger charge is 2.24. The SMILES string of the molecule is CNC(=O)NC(=O)C(C)S(=O)c1cc(C)ccc1N. The van der Waals surface area contributed by atoms with Gasteiger partial charge in [-0.15, -0.1) is 0 Å². The molecule has 6 nitrogen and oxygen atoms in total. The second-order valence-electron chi connectivity index (χ2n) is 4.05. The summed E-state index contributed by atoms with van der Waals surface area (Å²) in [6.07, 6.45) is 0. The van der Waals surface area contributed by atoms with Crippen LogP contribution in [0.1, 0.15) is 12.5 Å². The summed E-state index contributed by atoms with van der Waals surface area (Å²) in [7, 11) is -0.224. The molecule has 2 atom stereocenters. The zero-order valence-electron chi connectivity index (χ0n) is 11.0. The number of aryl methyl sites for hydroxylation is 1. The lowest BCUT2D eigenvalue weighted by molar-refractivity contribution is -0.119. The lowest BCUT2D eigenvalue weighted by atomic mass is 10.2. The van der Waals surface area contributed by atoms with E-state index in [2.05, 4.69) is 10.6 Å². The summed E-state index contributed by atoms with van der Waals surface area (Å²) >= 11 is 0. The topological polar surface area (TPSA) is 101 Å². The highest BCUT2D eigenvalue weighted by Crippen LogP contribution is 2.20. The first kappa shape index (κ1) is 15.2. The second kappa shape index (κ2) is 6.33. The van der Waals surface area contributed by atoms with E-state index < -0.39 is 28.0 Å². The van der Waals surface area contributed by atoms with Crippen molar-refractivity contribution in [3.05, 3.63) is 23.8 Å². The highest BCUT2D eigenvalue weighted by molar-refractivity contribution is 7.86. The van der Waals surface area contributed by atoms with Crippen molar-refractivity contribution in [1.29, 1.82) is 0 Å². The number of nitrogens with one attached hydrogen (secondary N) is 2. The molecule has 104 valence electrons. The van der Waals surface area contributed by atoms with Gasteiger partial charge in [0.1, 0.15) is 5.25 Å². The van der Waals surface area contributed by atoms with Crippen molar-refractivity contribution in [2.75, 3.05) is 12.8 Å². The molecule has 0 radical (unpaired) electrons. The third kappa shape index (κ3) is 3.78. The molecular formula is C12H17N3O3S. The lowest BCUT2D eigenvalue weighted by Gasteiger charge is -2.13. The van der Waals surface area contributed by atoms with Gasteiger partial charge in [-0.3, -0.25) is 14.3 Å². The minimum atomic E-state index is -1.62. The van der Waals surface area contributed by atoms with Crippen molar-refractivity contribution >= 4 is 28.4 Å². The predicted octanol–water partition coefficient (Wildman–Crippen LogP) is 0.529. The third-order valence-electron chi connectivity index (χ3n) is 2.54. The Kier molecular flexibility index (Phi) is 5.05. The number of hydrogen-bond donors (Lipinski definition) is 3. The van der Waals surface area contributed by atoms with Crippen LogP contribution in [0, 0.1) is 6.92 Å². The van der Waals surface area contributed by atoms with Crippen molar-refractivity contribution in [3.63, 3.8) is 0 Å². The summed E-state index contributed by atoms with van der Waals surface area (Å²) in [5.41, 5.74) is 7.02. The van der Waals surface area contributed by atoms with Crippen LogP contribution in [0.4, 0.5) is 10.5 Å². The number of imide groups is 1. The largest absolute Gasteiger partial charge is 0.398 e. The van der Waals surface area contributed by atoms with Crippen molar-refractivity contribution in [1.82, 2.24) is 10.6 Å². The molecule has 7 heteroatoms. The molecule has 19 heavy (non-hydrogen) atoms. The van der Waals surface area contributed by atoms with E-state index in [9.17, 15) is 13.8 Å². The Morgan fingerprint density at radius 2 is 2.00 bits per heavy atom. The maximum atomic E-state index is 12.3. The van der Waals surface area contributed by atoms with Crippen LogP contribution >= 0.6 is 0 Å². The molecule has 1 aromatic rings. The predicted molar refractivity (Wildman–Crippen MR) is 74.1 cm³/mol. The summed E-state index contributed by atoms with van der Waals surface area (Å²) in [4.78, 5) is 23.2. The van der Waals surface area contributed by atoms with Crippen molar-refractivity contribution < 1.29 is 13.8 Å². The fraction of sp³-hybridized carbons (Fsp3) is 0.333. The maximum Gasteiger partial charge on any atom is 0.321 e. The van der Waals surface area contributed by atoms with Crippen LogP contribution in [0.25, 0.3) is 0 Å². The number of amides is 3. The number of benzene rings is 1. The number of hydrogen-bond acceptors (Lipinski definition) is 4. The number of rotatable bonds is 3. The molecule has 0 saturated carbocycles. The quantitative estimate of drug-likeness (QED) is 0.704. The number of anilines is 1. The van der Waals surface area contributed by atoms with E-state index in [1.165, 1.54) is 14.0 Å². The van der Waals surface area contributed by atoms with E-state index in [0.717, 1.165) is 5.56 Å². The number of nitrogen functional groups attached to an aromatic ring is 1. The van der Waals surface area contributed by atoms with Crippen LogP contribution in [0.15, 0.2) is 23.1 Å². The molecule has 1 aromatic carbocycles. The average Bonchev–Trinajstić information content (AvgIpc) is 2.39. The first-order valence-electron chi connectivity index (χ1n) is 5.66. The molecule has 2 unspecified atom stereocenters. The second-order valence-corrected chi connectivity index (χ2v) is 5.79. The Morgan fingerprint density at radius 3 is 2.58 bits per heavy atom. The van der Waals surface area contributed by atoms with Gasteiger partial charge < -0.3 is 11.1 Å². The number of nitrogens with two attached hydrogens (primary N) is 1. The molecule has 0 bridgehead atoms. The first-order chi connectivity index (χ1) is 8.86. The monoisotopic (exact) mass is 283 g/mol. The first-order valence-corrected chi connectivity index (χ1v) is 6.87. The molecule has 0 saturated heterocycles. The maximum absolute atomic E-state index is 12.3. The van der Waals surface area contributed by atoms with Crippen molar-refractivity contribution in [2.45, 2.75) is 24.0 Å². The molecule has 0 aromatic heterocycles. The Balaban J connectivity index is 2.90. The van der Waals surface area contributed by atoms with Gasteiger partial charge in [-0.1, -0.05) is 6.07 Å². The summed E-state index contributed by atoms with van der Waals surface area (Å²) in [6.45, 7) is 3.32. The van der Waals surface area contributed by atoms with Crippen molar-refractivity contribution in [3.8, 4) is 0 Å². The zero-order chi connectivity index (χ0) is 14.6. The van der Waals surface area contributed by atoms with E-state index in [-0.39, 0.29) is 0 Å². The summed E-state index contributed by atoms with van der Waals surface area (Å²) < 4.78 is 12.3. The Bertz CT molecular complexity index is 531. The number of carbonyl (C=O) groups excluding carboxylic acids is 2. The molecule has 0 aliphatic heterocycles. The molecule has 0 aliphatic rings. The Morgan fingerprint density at radius 1 is 1.37 bits per heavy atom. The lowest BCUT2D eigenvalue weighted by Crippen LogP contribution is -2.43. The van der Waals surface area contributed by atoms with Gasteiger partial charge in [0, 0.05) is 12.7 Å². The zero-order valence-corrected chi connectivity index (χ0v) is 11.8. The fourth-order valence-electron chi connectivity index (χ4n) is 1.38. The van der Waals surface area contributed by atoms with E-state index in [0.29, 0.717) is 10.6 Å². The molecule has 0 aliphatic carbocycles. The van der Waals surface area contributed by atoms with Gasteiger partial charge in [0.2, 0.25) is 5.91 Å². The van der Waals surface area contributed by atoms with Gasteiger partial charge in [-0.2, -0.15) is 0 Å². The van der Waals surface area contributed by atoms with Crippen LogP contribution in [-0.2, 0) is 15.6 Å². The highest BCUT2D eigenvalue weighted by atomic mass is 32.2. The number of carbonyl (C=O) groups is 2. The van der Waals surface area contributed by atoms with Crippen LogP contribution in [-0.4, -0.2) is 28.4 Å². The molecule has 0 spiro atoms. The molecular weight excluding hydrogens is 266 g/mol. The minimum absolute atomic E-state index is 0.364. The van der Waals surface area contributed by atoms with E-state index in [4.69, 9.17) is 5.73 Å². The summed E-state index contributed by atoms with van der Waals surface area (Å²) in [5, 5.41) is 3.47. The van der Waals surface area contributed by atoms with E-state index in [1.54, 1.807) is 18.2 Å². The minimum Gasteiger partial charge on any atom is -0.398 e. The van der Waals surface area contributed by atoms with E-state index in [1.807, 2.05) is 6.92 Å². The molecule has 1 rings (SSSR count). The van der Waals surface area contributed by atoms with Gasteiger partial charge in [0.25, 0.3) is 0 Å². The molecule has 3 amide bonds. The van der Waals surface area contributed by atoms with Gasteiger partial charge >= 0.3 is 6.03 Å². The fourth-order valence-corrected chi connectivity index (χ4v) is 2.62. The summed E-state index contributed by atoms with van der Waals surface area (Å²) in [5.74, 6) is -0.612. The van der Waals surface area contributed by atoms with Gasteiger partial charge in [0.15, 0.2) is 0 Å². The Hall–Kier alpha value is -1.89. The average molecular weight is 283 g/mol. The number of urea groups is 1. The standard InChI is InChI=1S/C12H17N3O3S/c1-7-4-5-9(13)10(6-7)19(18)8(2)11(16)15-12(17)14-3/h4-6,8H,13H2,1-3H3,(H2,14,15,16,17). The smallest absolute Gasteiger partial charge is 0.321 e. The summed E-state index contributed by atoms with van der Waals surface area (Å²) in [6, 6.07) is 4.48. The van der Waals surface area contributed by atoms with Crippen LogP contribution in [0.5, 0.6) is 0 Å². The van der Waals surface area contributed by atoms with Crippen LogP contribution in [0.2, 0.25) is 0 Å².